The number of pyridine rings is 1. The van der Waals surface area contributed by atoms with Crippen molar-refractivity contribution in [1.82, 2.24) is 4.98 Å². The smallest absolute Gasteiger partial charge is 0.255 e. The van der Waals surface area contributed by atoms with Crippen LogP contribution in [0.15, 0.2) is 70.1 Å². The fourth-order valence-corrected chi connectivity index (χ4v) is 3.23. The molecule has 3 rings (SSSR count). The first-order valence-electron chi connectivity index (χ1n) is 6.78. The molecular formula is C17H14N2O2S. The molecule has 1 aromatic heterocycles. The van der Waals surface area contributed by atoms with Gasteiger partial charge in [0, 0.05) is 17.8 Å². The quantitative estimate of drug-likeness (QED) is 0.697. The van der Waals surface area contributed by atoms with E-state index >= 15 is 0 Å². The number of aromatic nitrogens is 1. The highest BCUT2D eigenvalue weighted by Crippen LogP contribution is 2.22. The normalized spacial score (nSPS) is 12.0. The largest absolute Gasteiger partial charge is 0.284 e. The molecule has 0 N–H and O–H groups in total. The summed E-state index contributed by atoms with van der Waals surface area (Å²) in [6.07, 6.45) is 2.96. The molecule has 0 saturated carbocycles. The minimum atomic E-state index is -3.79. The Hall–Kier alpha value is -2.53. The number of para-hydroxylation sites is 1. The van der Waals surface area contributed by atoms with Crippen LogP contribution in [-0.2, 0) is 10.0 Å². The number of hydrogen-bond donors (Lipinski definition) is 0. The highest BCUT2D eigenvalue weighted by Gasteiger charge is 2.16. The van der Waals surface area contributed by atoms with Crippen molar-refractivity contribution in [3.8, 4) is 0 Å². The van der Waals surface area contributed by atoms with Crippen molar-refractivity contribution in [2.75, 3.05) is 0 Å². The van der Waals surface area contributed by atoms with Crippen LogP contribution in [0.5, 0.6) is 0 Å². The first-order chi connectivity index (χ1) is 10.6. The zero-order chi connectivity index (χ0) is 15.6. The first-order valence-corrected chi connectivity index (χ1v) is 8.22. The molecule has 1 heterocycles. The van der Waals surface area contributed by atoms with Crippen LogP contribution < -0.4 is 0 Å². The van der Waals surface area contributed by atoms with Crippen LogP contribution in [0.3, 0.4) is 0 Å². The molecular weight excluding hydrogens is 296 g/mol. The summed E-state index contributed by atoms with van der Waals surface area (Å²) in [4.78, 5) is 4.29. The number of sulfonamides is 1. The van der Waals surface area contributed by atoms with Gasteiger partial charge in [-0.05, 0) is 30.2 Å². The summed E-state index contributed by atoms with van der Waals surface area (Å²) >= 11 is 0. The van der Waals surface area contributed by atoms with Gasteiger partial charge in [-0.25, -0.2) is 0 Å². The maximum Gasteiger partial charge on any atom is 0.284 e. The van der Waals surface area contributed by atoms with Crippen molar-refractivity contribution in [2.24, 2.45) is 4.40 Å². The van der Waals surface area contributed by atoms with E-state index in [2.05, 4.69) is 9.38 Å². The van der Waals surface area contributed by atoms with Crippen molar-refractivity contribution in [1.29, 1.82) is 0 Å². The van der Waals surface area contributed by atoms with Gasteiger partial charge in [0.15, 0.2) is 0 Å². The minimum Gasteiger partial charge on any atom is -0.255 e. The number of rotatable bonds is 3. The lowest BCUT2D eigenvalue weighted by molar-refractivity contribution is 0.599. The molecule has 0 saturated heterocycles. The van der Waals surface area contributed by atoms with E-state index in [1.807, 2.05) is 43.3 Å². The second-order valence-electron chi connectivity index (χ2n) is 4.90. The van der Waals surface area contributed by atoms with E-state index in [1.54, 1.807) is 18.3 Å². The fraction of sp³-hybridized carbons (Fsp3) is 0.0588. The van der Waals surface area contributed by atoms with Gasteiger partial charge in [0.05, 0.1) is 5.52 Å². The Morgan fingerprint density at radius 2 is 1.77 bits per heavy atom. The van der Waals surface area contributed by atoms with E-state index in [1.165, 1.54) is 12.3 Å². The van der Waals surface area contributed by atoms with E-state index in [4.69, 9.17) is 0 Å². The molecule has 0 bridgehead atoms. The van der Waals surface area contributed by atoms with Crippen molar-refractivity contribution in [3.63, 3.8) is 0 Å². The van der Waals surface area contributed by atoms with Gasteiger partial charge in [0.2, 0.25) is 0 Å². The van der Waals surface area contributed by atoms with Gasteiger partial charge in [-0.3, -0.25) is 4.98 Å². The van der Waals surface area contributed by atoms with Crippen LogP contribution in [-0.4, -0.2) is 19.6 Å². The van der Waals surface area contributed by atoms with E-state index < -0.39 is 10.0 Å². The van der Waals surface area contributed by atoms with Crippen LogP contribution in [0.1, 0.15) is 11.1 Å². The molecule has 0 spiro atoms. The molecule has 0 atom stereocenters. The summed E-state index contributed by atoms with van der Waals surface area (Å²) in [7, 11) is -3.79. The standard InChI is InChI=1S/C17H14N2O2S/c1-13-6-2-3-7-15(13)12-19-22(20,21)16-10-4-8-14-9-5-11-18-17(14)16/h2-12H,1H3/b19-12+. The number of hydrogen-bond acceptors (Lipinski definition) is 3. The van der Waals surface area contributed by atoms with Crippen LogP contribution in [0, 0.1) is 6.92 Å². The second-order valence-corrected chi connectivity index (χ2v) is 6.50. The summed E-state index contributed by atoms with van der Waals surface area (Å²) < 4.78 is 28.8. The topological polar surface area (TPSA) is 59.4 Å². The Morgan fingerprint density at radius 3 is 2.59 bits per heavy atom. The van der Waals surface area contributed by atoms with Gasteiger partial charge in [-0.15, -0.1) is 0 Å². The summed E-state index contributed by atoms with van der Waals surface area (Å²) in [5, 5.41) is 0.773. The highest BCUT2D eigenvalue weighted by molar-refractivity contribution is 7.90. The summed E-state index contributed by atoms with van der Waals surface area (Å²) in [5.74, 6) is 0. The molecule has 0 unspecified atom stereocenters. The van der Waals surface area contributed by atoms with E-state index in [0.29, 0.717) is 5.52 Å². The van der Waals surface area contributed by atoms with Crippen LogP contribution in [0.4, 0.5) is 0 Å². The highest BCUT2D eigenvalue weighted by atomic mass is 32.2. The molecule has 0 aliphatic carbocycles. The van der Waals surface area contributed by atoms with Gasteiger partial charge < -0.3 is 0 Å². The van der Waals surface area contributed by atoms with Gasteiger partial charge in [-0.1, -0.05) is 42.5 Å². The predicted molar refractivity (Wildman–Crippen MR) is 87.7 cm³/mol. The SMILES string of the molecule is Cc1ccccc1/C=N/S(=O)(=O)c1cccc2cccnc12. The molecule has 4 nitrogen and oxygen atoms in total. The Bertz CT molecular complexity index is 958. The van der Waals surface area contributed by atoms with Gasteiger partial charge in [0.1, 0.15) is 4.90 Å². The maximum atomic E-state index is 12.5. The van der Waals surface area contributed by atoms with Crippen molar-refractivity contribution in [2.45, 2.75) is 11.8 Å². The average Bonchev–Trinajstić information content (AvgIpc) is 2.53. The molecule has 5 heteroatoms. The second kappa shape index (κ2) is 5.69. The Morgan fingerprint density at radius 1 is 1.00 bits per heavy atom. The van der Waals surface area contributed by atoms with Crippen LogP contribution >= 0.6 is 0 Å². The lowest BCUT2D eigenvalue weighted by Crippen LogP contribution is -2.00. The fourth-order valence-electron chi connectivity index (χ4n) is 2.20. The predicted octanol–water partition coefficient (Wildman–Crippen LogP) is 3.35. The van der Waals surface area contributed by atoms with Crippen molar-refractivity contribution < 1.29 is 8.42 Å². The molecule has 22 heavy (non-hydrogen) atoms. The van der Waals surface area contributed by atoms with E-state index in [0.717, 1.165) is 16.5 Å². The third-order valence-electron chi connectivity index (χ3n) is 3.39. The molecule has 110 valence electrons. The van der Waals surface area contributed by atoms with E-state index in [9.17, 15) is 8.42 Å². The maximum absolute atomic E-state index is 12.5. The number of benzene rings is 2. The molecule has 0 radical (unpaired) electrons. The molecule has 2 aromatic carbocycles. The summed E-state index contributed by atoms with van der Waals surface area (Å²) in [6.45, 7) is 1.91. The lowest BCUT2D eigenvalue weighted by atomic mass is 10.1. The Labute approximate surface area is 129 Å². The summed E-state index contributed by atoms with van der Waals surface area (Å²) in [6, 6.07) is 16.1. The number of fused-ring (bicyclic) bond motifs is 1. The first kappa shape index (κ1) is 14.4. The zero-order valence-corrected chi connectivity index (χ0v) is 12.8. The van der Waals surface area contributed by atoms with Crippen LogP contribution in [0.25, 0.3) is 10.9 Å². The molecule has 0 fully saturated rings. The summed E-state index contributed by atoms with van der Waals surface area (Å²) in [5.41, 5.74) is 2.18. The molecule has 3 aromatic rings. The number of nitrogens with zero attached hydrogens (tertiary/aromatic N) is 2. The monoisotopic (exact) mass is 310 g/mol. The van der Waals surface area contributed by atoms with Crippen molar-refractivity contribution in [3.05, 3.63) is 71.9 Å². The molecule has 0 aliphatic rings. The molecule has 0 amide bonds. The van der Waals surface area contributed by atoms with Crippen molar-refractivity contribution >= 4 is 27.1 Å². The average molecular weight is 310 g/mol. The third-order valence-corrected chi connectivity index (χ3v) is 4.66. The third kappa shape index (κ3) is 2.76. The molecule has 0 aliphatic heterocycles. The Balaban J connectivity index is 2.08. The zero-order valence-electron chi connectivity index (χ0n) is 12.0. The number of aryl methyl sites for hydroxylation is 1. The van der Waals surface area contributed by atoms with Gasteiger partial charge >= 0.3 is 0 Å². The van der Waals surface area contributed by atoms with Gasteiger partial charge in [-0.2, -0.15) is 12.8 Å². The Kier molecular flexibility index (Phi) is 3.73. The van der Waals surface area contributed by atoms with Gasteiger partial charge in [0.25, 0.3) is 10.0 Å². The minimum absolute atomic E-state index is 0.121. The van der Waals surface area contributed by atoms with Crippen LogP contribution in [0.2, 0.25) is 0 Å². The van der Waals surface area contributed by atoms with E-state index in [-0.39, 0.29) is 4.90 Å². The lowest BCUT2D eigenvalue weighted by Gasteiger charge is -2.03.